The van der Waals surface area contributed by atoms with Gasteiger partial charge in [0.25, 0.3) is 0 Å². The summed E-state index contributed by atoms with van der Waals surface area (Å²) in [7, 11) is -3.06. The van der Waals surface area contributed by atoms with Gasteiger partial charge in [-0.3, -0.25) is 0 Å². The van der Waals surface area contributed by atoms with Crippen molar-refractivity contribution in [1.29, 1.82) is 0 Å². The molecule has 0 atom stereocenters. The minimum absolute atomic E-state index is 0.0494. The molecular weight excluding hydrogens is 207 g/mol. The van der Waals surface area contributed by atoms with Gasteiger partial charge in [0.15, 0.2) is 0 Å². The summed E-state index contributed by atoms with van der Waals surface area (Å²) in [5.41, 5.74) is 0. The Morgan fingerprint density at radius 2 is 1.29 bits per heavy atom. The van der Waals surface area contributed by atoms with E-state index in [-0.39, 0.29) is 6.61 Å². The smallest absolute Gasteiger partial charge is 0.351 e. The van der Waals surface area contributed by atoms with Crippen LogP contribution < -0.4 is 0 Å². The third-order valence-electron chi connectivity index (χ3n) is 1.32. The van der Waals surface area contributed by atoms with Crippen LogP contribution in [0.25, 0.3) is 0 Å². The van der Waals surface area contributed by atoms with Gasteiger partial charge in [-0.2, -0.15) is 0 Å². The van der Waals surface area contributed by atoms with Crippen molar-refractivity contribution in [3.63, 3.8) is 0 Å². The van der Waals surface area contributed by atoms with Gasteiger partial charge < -0.3 is 17.7 Å². The van der Waals surface area contributed by atoms with E-state index < -0.39 is 15.7 Å². The summed E-state index contributed by atoms with van der Waals surface area (Å²) < 4.78 is 33.1. The average Bonchev–Trinajstić information content (AvgIpc) is 2.16. The van der Waals surface area contributed by atoms with Gasteiger partial charge in [-0.25, -0.2) is 4.39 Å². The Kier molecular flexibility index (Phi) is 8.30. The van der Waals surface area contributed by atoms with Crippen LogP contribution in [-0.4, -0.2) is 42.2 Å². The van der Waals surface area contributed by atoms with Gasteiger partial charge in [0, 0.05) is 19.8 Å². The second-order valence-electron chi connectivity index (χ2n) is 2.34. The van der Waals surface area contributed by atoms with Crippen molar-refractivity contribution < 1.29 is 22.1 Å². The Hall–Kier alpha value is -0.0131. The molecule has 0 aromatic heterocycles. The molecule has 0 spiro atoms. The zero-order chi connectivity index (χ0) is 10.9. The third-order valence-corrected chi connectivity index (χ3v) is 3.80. The summed E-state index contributed by atoms with van der Waals surface area (Å²) in [6, 6.07) is 0. The van der Waals surface area contributed by atoms with Crippen LogP contribution in [0.2, 0.25) is 0 Å². The van der Waals surface area contributed by atoms with Crippen LogP contribution in [0, 0.1) is 0 Å². The quantitative estimate of drug-likeness (QED) is 0.559. The molecular formula is C8H19FO4Si. The van der Waals surface area contributed by atoms with Crippen LogP contribution in [0.15, 0.2) is 0 Å². The molecule has 0 saturated carbocycles. The molecule has 0 radical (unpaired) electrons. The topological polar surface area (TPSA) is 36.9 Å². The monoisotopic (exact) mass is 226 g/mol. The second kappa shape index (κ2) is 8.31. The summed E-state index contributed by atoms with van der Waals surface area (Å²) >= 11 is 0. The van der Waals surface area contributed by atoms with Crippen LogP contribution in [0.3, 0.4) is 0 Å². The summed E-state index contributed by atoms with van der Waals surface area (Å²) in [6.07, 6.45) is 0. The maximum absolute atomic E-state index is 12.0. The lowest BCUT2D eigenvalue weighted by Gasteiger charge is -2.26. The lowest BCUT2D eigenvalue weighted by Crippen LogP contribution is -2.49. The van der Waals surface area contributed by atoms with E-state index in [1.54, 1.807) is 0 Å². The van der Waals surface area contributed by atoms with E-state index in [0.29, 0.717) is 19.8 Å². The molecule has 6 heteroatoms. The predicted octanol–water partition coefficient (Wildman–Crippen LogP) is 1.52. The Balaban J connectivity index is 4.21. The molecule has 0 N–H and O–H groups in total. The van der Waals surface area contributed by atoms with Gasteiger partial charge >= 0.3 is 9.05 Å². The normalized spacial score (nSPS) is 12.0. The molecule has 4 nitrogen and oxygen atoms in total. The molecule has 0 bridgehead atoms. The Morgan fingerprint density at radius 1 is 0.857 bits per heavy atom. The molecule has 0 aliphatic rings. The van der Waals surface area contributed by atoms with Crippen LogP contribution in [0.4, 0.5) is 4.39 Å². The standard InChI is InChI=1S/C8H19FO4Si/c1-4-10-14(11-5-2,12-6-3)13-8-7-9/h4-8H2,1-3H3. The van der Waals surface area contributed by atoms with Crippen molar-refractivity contribution in [1.82, 2.24) is 0 Å². The molecule has 0 fully saturated rings. The van der Waals surface area contributed by atoms with Crippen molar-refractivity contribution in [2.24, 2.45) is 0 Å². The Labute approximate surface area is 85.8 Å². The zero-order valence-electron chi connectivity index (χ0n) is 9.05. The molecule has 0 aromatic rings. The zero-order valence-corrected chi connectivity index (χ0v) is 10.0. The summed E-state index contributed by atoms with van der Waals surface area (Å²) in [4.78, 5) is 0. The number of hydrogen-bond acceptors (Lipinski definition) is 4. The molecule has 0 aliphatic carbocycles. The Morgan fingerprint density at radius 3 is 1.57 bits per heavy atom. The van der Waals surface area contributed by atoms with Crippen molar-refractivity contribution in [2.75, 3.05) is 33.1 Å². The number of hydrogen-bond donors (Lipinski definition) is 0. The van der Waals surface area contributed by atoms with Gasteiger partial charge in [0.05, 0.1) is 6.61 Å². The molecule has 86 valence electrons. The highest BCUT2D eigenvalue weighted by Gasteiger charge is 2.44. The Bertz CT molecular complexity index is 119. The van der Waals surface area contributed by atoms with E-state index in [1.807, 2.05) is 20.8 Å². The summed E-state index contributed by atoms with van der Waals surface area (Å²) in [6.45, 7) is 6.12. The first-order chi connectivity index (χ1) is 6.74. The summed E-state index contributed by atoms with van der Waals surface area (Å²) in [5.74, 6) is 0. The molecule has 0 aromatic carbocycles. The van der Waals surface area contributed by atoms with E-state index >= 15 is 0 Å². The maximum Gasteiger partial charge on any atom is 0.679 e. The van der Waals surface area contributed by atoms with Crippen LogP contribution in [0.1, 0.15) is 20.8 Å². The first kappa shape index (κ1) is 14.0. The average molecular weight is 226 g/mol. The molecule has 0 amide bonds. The SMILES string of the molecule is CCO[Si](OCC)(OCC)OCCF. The van der Waals surface area contributed by atoms with Crippen molar-refractivity contribution >= 4 is 9.05 Å². The largest absolute Gasteiger partial charge is 0.679 e. The second-order valence-corrected chi connectivity index (χ2v) is 4.49. The van der Waals surface area contributed by atoms with Gasteiger partial charge in [-0.05, 0) is 20.8 Å². The minimum atomic E-state index is -3.06. The molecule has 0 heterocycles. The molecule has 0 unspecified atom stereocenters. The third kappa shape index (κ3) is 5.01. The number of rotatable bonds is 9. The fourth-order valence-corrected chi connectivity index (χ4v) is 2.83. The first-order valence-electron chi connectivity index (χ1n) is 4.86. The molecule has 0 aliphatic heterocycles. The van der Waals surface area contributed by atoms with E-state index in [4.69, 9.17) is 17.7 Å². The number of alkyl halides is 1. The van der Waals surface area contributed by atoms with Crippen LogP contribution >= 0.6 is 0 Å². The molecule has 0 rings (SSSR count). The van der Waals surface area contributed by atoms with Gasteiger partial charge in [-0.15, -0.1) is 0 Å². The van der Waals surface area contributed by atoms with Crippen LogP contribution in [0.5, 0.6) is 0 Å². The van der Waals surface area contributed by atoms with Crippen molar-refractivity contribution in [3.05, 3.63) is 0 Å². The van der Waals surface area contributed by atoms with Gasteiger partial charge in [0.2, 0.25) is 0 Å². The van der Waals surface area contributed by atoms with E-state index in [2.05, 4.69) is 0 Å². The summed E-state index contributed by atoms with van der Waals surface area (Å²) in [5, 5.41) is 0. The fraction of sp³-hybridized carbons (Fsp3) is 1.00. The maximum atomic E-state index is 12.0. The first-order valence-corrected chi connectivity index (χ1v) is 6.49. The fourth-order valence-electron chi connectivity index (χ4n) is 0.944. The predicted molar refractivity (Wildman–Crippen MR) is 52.6 cm³/mol. The highest BCUT2D eigenvalue weighted by atomic mass is 28.4. The van der Waals surface area contributed by atoms with Crippen molar-refractivity contribution in [3.8, 4) is 0 Å². The molecule has 0 saturated heterocycles. The minimum Gasteiger partial charge on any atom is -0.351 e. The van der Waals surface area contributed by atoms with Crippen molar-refractivity contribution in [2.45, 2.75) is 20.8 Å². The molecule has 14 heavy (non-hydrogen) atoms. The lowest BCUT2D eigenvalue weighted by atomic mass is 10.9. The van der Waals surface area contributed by atoms with E-state index in [1.165, 1.54) is 0 Å². The highest BCUT2D eigenvalue weighted by Crippen LogP contribution is 2.11. The van der Waals surface area contributed by atoms with E-state index in [0.717, 1.165) is 0 Å². The lowest BCUT2D eigenvalue weighted by molar-refractivity contribution is -0.0295. The number of halogens is 1. The van der Waals surface area contributed by atoms with Gasteiger partial charge in [-0.1, -0.05) is 0 Å². The van der Waals surface area contributed by atoms with E-state index in [9.17, 15) is 4.39 Å². The van der Waals surface area contributed by atoms with Crippen LogP contribution in [-0.2, 0) is 17.7 Å². The van der Waals surface area contributed by atoms with Gasteiger partial charge in [0.1, 0.15) is 6.67 Å². The highest BCUT2D eigenvalue weighted by molar-refractivity contribution is 6.53.